The molecule has 80 valence electrons. The van der Waals surface area contributed by atoms with Gasteiger partial charge in [-0.05, 0) is 38.0 Å². The summed E-state index contributed by atoms with van der Waals surface area (Å²) in [6.45, 7) is 8.25. The Morgan fingerprint density at radius 1 is 1.33 bits per heavy atom. The van der Waals surface area contributed by atoms with Gasteiger partial charge in [0.25, 0.3) is 0 Å². The van der Waals surface area contributed by atoms with Crippen molar-refractivity contribution in [2.24, 2.45) is 0 Å². The van der Waals surface area contributed by atoms with Crippen LogP contribution in [0.2, 0.25) is 0 Å². The Morgan fingerprint density at radius 2 is 2.07 bits per heavy atom. The lowest BCUT2D eigenvalue weighted by molar-refractivity contribution is 0.790. The van der Waals surface area contributed by atoms with Crippen molar-refractivity contribution in [3.8, 4) is 6.07 Å². The van der Waals surface area contributed by atoms with Gasteiger partial charge in [0.15, 0.2) is 0 Å². The third-order valence-electron chi connectivity index (χ3n) is 2.49. The first-order valence-corrected chi connectivity index (χ1v) is 5.48. The predicted octanol–water partition coefficient (Wildman–Crippen LogP) is 3.10. The summed E-state index contributed by atoms with van der Waals surface area (Å²) in [4.78, 5) is 2.25. The second-order valence-electron chi connectivity index (χ2n) is 3.71. The van der Waals surface area contributed by atoms with Crippen LogP contribution >= 0.6 is 0 Å². The van der Waals surface area contributed by atoms with E-state index in [9.17, 15) is 0 Å². The molecule has 0 spiro atoms. The summed E-state index contributed by atoms with van der Waals surface area (Å²) in [6, 6.07) is 8.33. The molecule has 0 amide bonds. The van der Waals surface area contributed by atoms with Crippen molar-refractivity contribution in [2.45, 2.75) is 27.2 Å². The molecule has 0 bridgehead atoms. The molecule has 0 atom stereocenters. The standard InChI is InChI=1S/C13H18N2/c1-4-8-15(5-2)13-7-6-11(3)9-12(13)10-14/h6-7,9H,4-5,8H2,1-3H3. The molecule has 0 fully saturated rings. The Balaban J connectivity index is 3.06. The van der Waals surface area contributed by atoms with Gasteiger partial charge in [-0.15, -0.1) is 0 Å². The Labute approximate surface area is 92.1 Å². The maximum atomic E-state index is 9.08. The first kappa shape index (κ1) is 11.6. The zero-order valence-corrected chi connectivity index (χ0v) is 9.75. The molecule has 0 N–H and O–H groups in total. The maximum absolute atomic E-state index is 9.08. The molecule has 1 aromatic rings. The van der Waals surface area contributed by atoms with Gasteiger partial charge in [-0.2, -0.15) is 5.26 Å². The van der Waals surface area contributed by atoms with E-state index >= 15 is 0 Å². The quantitative estimate of drug-likeness (QED) is 0.750. The van der Waals surface area contributed by atoms with Crippen LogP contribution in [0.3, 0.4) is 0 Å². The SMILES string of the molecule is CCCN(CC)c1ccc(C)cc1C#N. The fourth-order valence-electron chi connectivity index (χ4n) is 1.73. The van der Waals surface area contributed by atoms with Crippen molar-refractivity contribution in [1.82, 2.24) is 0 Å². The number of rotatable bonds is 4. The summed E-state index contributed by atoms with van der Waals surface area (Å²) in [5.74, 6) is 0. The third kappa shape index (κ3) is 2.73. The highest BCUT2D eigenvalue weighted by molar-refractivity contribution is 5.60. The van der Waals surface area contributed by atoms with E-state index in [-0.39, 0.29) is 0 Å². The lowest BCUT2D eigenvalue weighted by atomic mass is 10.1. The van der Waals surface area contributed by atoms with Crippen LogP contribution in [0.1, 0.15) is 31.4 Å². The second kappa shape index (κ2) is 5.41. The monoisotopic (exact) mass is 202 g/mol. The molecule has 0 heterocycles. The highest BCUT2D eigenvalue weighted by atomic mass is 15.1. The summed E-state index contributed by atoms with van der Waals surface area (Å²) in [5.41, 5.74) is 2.99. The van der Waals surface area contributed by atoms with Crippen LogP contribution in [0.5, 0.6) is 0 Å². The minimum atomic E-state index is 0.783. The number of hydrogen-bond acceptors (Lipinski definition) is 2. The zero-order valence-electron chi connectivity index (χ0n) is 9.75. The molecule has 0 aliphatic heterocycles. The number of anilines is 1. The Bertz CT molecular complexity index is 363. The largest absolute Gasteiger partial charge is 0.371 e. The lowest BCUT2D eigenvalue weighted by Crippen LogP contribution is -2.24. The third-order valence-corrected chi connectivity index (χ3v) is 2.49. The molecule has 15 heavy (non-hydrogen) atoms. The van der Waals surface area contributed by atoms with Crippen molar-refractivity contribution in [1.29, 1.82) is 5.26 Å². The van der Waals surface area contributed by atoms with Crippen LogP contribution in [-0.4, -0.2) is 13.1 Å². The molecule has 0 saturated heterocycles. The van der Waals surface area contributed by atoms with Gasteiger partial charge in [0.05, 0.1) is 11.3 Å². The molecule has 0 aliphatic carbocycles. The molecular weight excluding hydrogens is 184 g/mol. The van der Waals surface area contributed by atoms with E-state index in [0.29, 0.717) is 0 Å². The van der Waals surface area contributed by atoms with Crippen LogP contribution in [0.15, 0.2) is 18.2 Å². The fraction of sp³-hybridized carbons (Fsp3) is 0.462. The minimum absolute atomic E-state index is 0.783. The van der Waals surface area contributed by atoms with Crippen LogP contribution in [0.25, 0.3) is 0 Å². The van der Waals surface area contributed by atoms with E-state index in [0.717, 1.165) is 36.3 Å². The van der Waals surface area contributed by atoms with Crippen LogP contribution in [0.4, 0.5) is 5.69 Å². The highest BCUT2D eigenvalue weighted by Crippen LogP contribution is 2.21. The first-order chi connectivity index (χ1) is 7.22. The summed E-state index contributed by atoms with van der Waals surface area (Å²) < 4.78 is 0. The molecule has 1 aromatic carbocycles. The summed E-state index contributed by atoms with van der Waals surface area (Å²) in [5, 5.41) is 9.08. The van der Waals surface area contributed by atoms with Crippen LogP contribution in [0, 0.1) is 18.3 Å². The molecule has 0 aromatic heterocycles. The molecule has 0 radical (unpaired) electrons. The van der Waals surface area contributed by atoms with Gasteiger partial charge in [-0.3, -0.25) is 0 Å². The molecular formula is C13H18N2. The van der Waals surface area contributed by atoms with E-state index in [2.05, 4.69) is 30.9 Å². The Morgan fingerprint density at radius 3 is 2.60 bits per heavy atom. The van der Waals surface area contributed by atoms with Gasteiger partial charge in [-0.1, -0.05) is 13.0 Å². The fourth-order valence-corrected chi connectivity index (χ4v) is 1.73. The molecule has 2 nitrogen and oxygen atoms in total. The van der Waals surface area contributed by atoms with Gasteiger partial charge >= 0.3 is 0 Å². The van der Waals surface area contributed by atoms with E-state index in [4.69, 9.17) is 5.26 Å². The summed E-state index contributed by atoms with van der Waals surface area (Å²) in [7, 11) is 0. The van der Waals surface area contributed by atoms with Gasteiger partial charge in [0, 0.05) is 13.1 Å². The number of hydrogen-bond donors (Lipinski definition) is 0. The van der Waals surface area contributed by atoms with E-state index < -0.39 is 0 Å². The predicted molar refractivity (Wildman–Crippen MR) is 64.1 cm³/mol. The highest BCUT2D eigenvalue weighted by Gasteiger charge is 2.08. The Kier molecular flexibility index (Phi) is 4.17. The average Bonchev–Trinajstić information content (AvgIpc) is 2.26. The number of aryl methyl sites for hydroxylation is 1. The van der Waals surface area contributed by atoms with Gasteiger partial charge in [0.1, 0.15) is 6.07 Å². The van der Waals surface area contributed by atoms with E-state index in [1.165, 1.54) is 0 Å². The van der Waals surface area contributed by atoms with Crippen molar-refractivity contribution in [2.75, 3.05) is 18.0 Å². The van der Waals surface area contributed by atoms with Crippen LogP contribution < -0.4 is 4.90 Å². The van der Waals surface area contributed by atoms with Crippen molar-refractivity contribution in [3.05, 3.63) is 29.3 Å². The normalized spacial score (nSPS) is 9.73. The topological polar surface area (TPSA) is 27.0 Å². The van der Waals surface area contributed by atoms with Gasteiger partial charge in [0.2, 0.25) is 0 Å². The number of nitrogens with zero attached hydrogens (tertiary/aromatic N) is 2. The van der Waals surface area contributed by atoms with Crippen molar-refractivity contribution < 1.29 is 0 Å². The minimum Gasteiger partial charge on any atom is -0.371 e. The van der Waals surface area contributed by atoms with Crippen molar-refractivity contribution >= 4 is 5.69 Å². The maximum Gasteiger partial charge on any atom is 0.101 e. The van der Waals surface area contributed by atoms with Gasteiger partial charge < -0.3 is 4.90 Å². The van der Waals surface area contributed by atoms with E-state index in [1.807, 2.05) is 19.1 Å². The lowest BCUT2D eigenvalue weighted by Gasteiger charge is -2.23. The summed E-state index contributed by atoms with van der Waals surface area (Å²) >= 11 is 0. The number of benzene rings is 1. The zero-order chi connectivity index (χ0) is 11.3. The van der Waals surface area contributed by atoms with E-state index in [1.54, 1.807) is 0 Å². The van der Waals surface area contributed by atoms with Crippen molar-refractivity contribution in [3.63, 3.8) is 0 Å². The second-order valence-corrected chi connectivity index (χ2v) is 3.71. The smallest absolute Gasteiger partial charge is 0.101 e. The first-order valence-electron chi connectivity index (χ1n) is 5.48. The molecule has 2 heteroatoms. The average molecular weight is 202 g/mol. The Hall–Kier alpha value is -1.49. The molecule has 0 aliphatic rings. The molecule has 1 rings (SSSR count). The van der Waals surface area contributed by atoms with Crippen LogP contribution in [-0.2, 0) is 0 Å². The number of nitriles is 1. The molecule has 0 saturated carbocycles. The molecule has 0 unspecified atom stereocenters. The summed E-state index contributed by atoms with van der Waals surface area (Å²) in [6.07, 6.45) is 1.10. The van der Waals surface area contributed by atoms with Gasteiger partial charge in [-0.25, -0.2) is 0 Å².